The maximum Gasteiger partial charge on any atom is 0.226 e. The second kappa shape index (κ2) is 6.39. The summed E-state index contributed by atoms with van der Waals surface area (Å²) in [7, 11) is -1.37. The first-order chi connectivity index (χ1) is 11.0. The van der Waals surface area contributed by atoms with E-state index in [4.69, 9.17) is 4.74 Å². The molecular weight excluding hydrogens is 316 g/mol. The monoisotopic (exact) mass is 338 g/mol. The molecule has 0 N–H and O–H groups in total. The van der Waals surface area contributed by atoms with Gasteiger partial charge >= 0.3 is 0 Å². The number of sulfone groups is 1. The van der Waals surface area contributed by atoms with Gasteiger partial charge in [0.1, 0.15) is 5.75 Å². The third kappa shape index (κ3) is 3.60. The molecule has 1 aromatic rings. The molecule has 1 aromatic carbocycles. The van der Waals surface area contributed by atoms with Gasteiger partial charge in [0.2, 0.25) is 5.91 Å². The molecule has 0 aliphatic carbocycles. The zero-order chi connectivity index (χ0) is 16.4. The van der Waals surface area contributed by atoms with E-state index < -0.39 is 9.84 Å². The minimum atomic E-state index is -3.01. The lowest BCUT2D eigenvalue weighted by atomic mass is 10.1. The summed E-state index contributed by atoms with van der Waals surface area (Å²) in [5, 5.41) is 0. The predicted molar refractivity (Wildman–Crippen MR) is 88.5 cm³/mol. The molecule has 1 amide bonds. The fraction of sp³-hybridized carbons (Fsp3) is 0.562. The molecule has 2 aliphatic rings. The van der Waals surface area contributed by atoms with Gasteiger partial charge < -0.3 is 14.5 Å². The van der Waals surface area contributed by atoms with Crippen LogP contribution in [0, 0.1) is 5.92 Å². The summed E-state index contributed by atoms with van der Waals surface area (Å²) in [6.07, 6.45) is 0.472. The van der Waals surface area contributed by atoms with E-state index in [0.29, 0.717) is 19.5 Å². The summed E-state index contributed by atoms with van der Waals surface area (Å²) in [4.78, 5) is 16.5. The van der Waals surface area contributed by atoms with Crippen molar-refractivity contribution in [3.8, 4) is 5.75 Å². The normalized spacial score (nSPS) is 23.8. The highest BCUT2D eigenvalue weighted by Crippen LogP contribution is 2.23. The Bertz CT molecular complexity index is 664. The number of ether oxygens (including phenoxy) is 1. The highest BCUT2D eigenvalue weighted by molar-refractivity contribution is 7.91. The molecule has 0 spiro atoms. The number of hydrogen-bond acceptors (Lipinski definition) is 5. The van der Waals surface area contributed by atoms with E-state index in [-0.39, 0.29) is 23.3 Å². The number of methoxy groups -OCH3 is 1. The van der Waals surface area contributed by atoms with E-state index in [1.807, 2.05) is 29.2 Å². The number of amides is 1. The third-order valence-electron chi connectivity index (χ3n) is 4.61. The van der Waals surface area contributed by atoms with E-state index in [1.165, 1.54) is 0 Å². The van der Waals surface area contributed by atoms with Crippen molar-refractivity contribution >= 4 is 21.4 Å². The van der Waals surface area contributed by atoms with E-state index in [0.717, 1.165) is 24.5 Å². The van der Waals surface area contributed by atoms with Crippen LogP contribution in [0.3, 0.4) is 0 Å². The lowest BCUT2D eigenvalue weighted by Crippen LogP contribution is -2.50. The molecule has 0 unspecified atom stereocenters. The van der Waals surface area contributed by atoms with Crippen LogP contribution < -0.4 is 9.64 Å². The maximum atomic E-state index is 12.4. The van der Waals surface area contributed by atoms with Gasteiger partial charge in [0.25, 0.3) is 0 Å². The Kier molecular flexibility index (Phi) is 4.48. The van der Waals surface area contributed by atoms with Crippen LogP contribution in [-0.4, -0.2) is 64.0 Å². The van der Waals surface area contributed by atoms with E-state index in [9.17, 15) is 13.2 Å². The number of piperazine rings is 1. The fourth-order valence-corrected chi connectivity index (χ4v) is 4.96. The average molecular weight is 338 g/mol. The minimum Gasteiger partial charge on any atom is -0.497 e. The van der Waals surface area contributed by atoms with Gasteiger partial charge in [0.05, 0.1) is 24.5 Å². The second-order valence-corrected chi connectivity index (χ2v) is 8.34. The van der Waals surface area contributed by atoms with Gasteiger partial charge in [-0.2, -0.15) is 0 Å². The quantitative estimate of drug-likeness (QED) is 0.815. The number of hydrogen-bond donors (Lipinski definition) is 0. The molecule has 0 radical (unpaired) electrons. The van der Waals surface area contributed by atoms with Gasteiger partial charge in [-0.05, 0) is 30.7 Å². The van der Waals surface area contributed by atoms with Crippen molar-refractivity contribution in [1.29, 1.82) is 0 Å². The molecule has 3 rings (SSSR count). The topological polar surface area (TPSA) is 66.9 Å². The van der Waals surface area contributed by atoms with Crippen LogP contribution in [0.15, 0.2) is 24.3 Å². The van der Waals surface area contributed by atoms with Crippen LogP contribution in [-0.2, 0) is 14.6 Å². The first kappa shape index (κ1) is 16.1. The molecule has 0 bridgehead atoms. The molecule has 0 saturated carbocycles. The molecule has 126 valence electrons. The lowest BCUT2D eigenvalue weighted by molar-refractivity contribution is -0.135. The van der Waals surface area contributed by atoms with Crippen molar-refractivity contribution in [1.82, 2.24) is 4.90 Å². The Balaban J connectivity index is 1.56. The van der Waals surface area contributed by atoms with Crippen LogP contribution in [0.2, 0.25) is 0 Å². The van der Waals surface area contributed by atoms with Crippen molar-refractivity contribution in [3.05, 3.63) is 24.3 Å². The zero-order valence-corrected chi connectivity index (χ0v) is 14.1. The molecule has 23 heavy (non-hydrogen) atoms. The van der Waals surface area contributed by atoms with Gasteiger partial charge in [-0.1, -0.05) is 0 Å². The molecular formula is C16H22N2O4S. The Morgan fingerprint density at radius 3 is 2.30 bits per heavy atom. The molecule has 6 nitrogen and oxygen atoms in total. The number of carbonyl (C=O) groups is 1. The highest BCUT2D eigenvalue weighted by atomic mass is 32.2. The highest BCUT2D eigenvalue weighted by Gasteiger charge is 2.36. The first-order valence-electron chi connectivity index (χ1n) is 7.87. The van der Waals surface area contributed by atoms with Gasteiger partial charge in [-0.3, -0.25) is 4.79 Å². The summed E-state index contributed by atoms with van der Waals surface area (Å²) in [5.41, 5.74) is 1.11. The molecule has 2 heterocycles. The SMILES string of the molecule is COc1ccc(N2CCN(C(=O)[C@H]3CCS(=O)(=O)C3)CC2)cc1. The summed E-state index contributed by atoms with van der Waals surface area (Å²) >= 11 is 0. The summed E-state index contributed by atoms with van der Waals surface area (Å²) in [6, 6.07) is 7.88. The van der Waals surface area contributed by atoms with E-state index in [2.05, 4.69) is 4.90 Å². The smallest absolute Gasteiger partial charge is 0.226 e. The molecule has 1 atom stereocenters. The van der Waals surface area contributed by atoms with E-state index >= 15 is 0 Å². The van der Waals surface area contributed by atoms with Crippen LogP contribution >= 0.6 is 0 Å². The molecule has 0 aromatic heterocycles. The summed E-state index contributed by atoms with van der Waals surface area (Å²) in [5.74, 6) is 0.651. The summed E-state index contributed by atoms with van der Waals surface area (Å²) < 4.78 is 28.2. The minimum absolute atomic E-state index is 0.000422. The fourth-order valence-electron chi connectivity index (χ4n) is 3.23. The van der Waals surface area contributed by atoms with Gasteiger partial charge in [-0.25, -0.2) is 8.42 Å². The number of nitrogens with zero attached hydrogens (tertiary/aromatic N) is 2. The van der Waals surface area contributed by atoms with Crippen molar-refractivity contribution in [2.24, 2.45) is 5.92 Å². The molecule has 2 aliphatic heterocycles. The molecule has 2 fully saturated rings. The Morgan fingerprint density at radius 2 is 1.78 bits per heavy atom. The largest absolute Gasteiger partial charge is 0.497 e. The maximum absolute atomic E-state index is 12.4. The van der Waals surface area contributed by atoms with Crippen LogP contribution in [0.1, 0.15) is 6.42 Å². The van der Waals surface area contributed by atoms with Gasteiger partial charge in [0, 0.05) is 31.9 Å². The summed E-state index contributed by atoms with van der Waals surface area (Å²) in [6.45, 7) is 2.80. The third-order valence-corrected chi connectivity index (χ3v) is 6.38. The Morgan fingerprint density at radius 1 is 1.13 bits per heavy atom. The van der Waals surface area contributed by atoms with Crippen LogP contribution in [0.25, 0.3) is 0 Å². The van der Waals surface area contributed by atoms with Crippen molar-refractivity contribution in [2.45, 2.75) is 6.42 Å². The van der Waals surface area contributed by atoms with Crippen molar-refractivity contribution < 1.29 is 17.9 Å². The number of anilines is 1. The standard InChI is InChI=1S/C16H22N2O4S/c1-22-15-4-2-14(3-5-15)17-7-9-18(10-8-17)16(19)13-6-11-23(20,21)12-13/h2-5,13H,6-12H2,1H3/t13-/m0/s1. The molecule has 2 saturated heterocycles. The zero-order valence-electron chi connectivity index (χ0n) is 13.3. The van der Waals surface area contributed by atoms with Gasteiger partial charge in [0.15, 0.2) is 9.84 Å². The van der Waals surface area contributed by atoms with Crippen molar-refractivity contribution in [2.75, 3.05) is 49.7 Å². The van der Waals surface area contributed by atoms with Crippen LogP contribution in [0.4, 0.5) is 5.69 Å². The first-order valence-corrected chi connectivity index (χ1v) is 9.69. The number of benzene rings is 1. The average Bonchev–Trinajstić information content (AvgIpc) is 2.94. The van der Waals surface area contributed by atoms with E-state index in [1.54, 1.807) is 7.11 Å². The van der Waals surface area contributed by atoms with Crippen LogP contribution in [0.5, 0.6) is 5.75 Å². The lowest BCUT2D eigenvalue weighted by Gasteiger charge is -2.37. The Hall–Kier alpha value is -1.76. The van der Waals surface area contributed by atoms with Crippen molar-refractivity contribution in [3.63, 3.8) is 0 Å². The number of rotatable bonds is 3. The van der Waals surface area contributed by atoms with Gasteiger partial charge in [-0.15, -0.1) is 0 Å². The Labute approximate surface area is 136 Å². The second-order valence-electron chi connectivity index (χ2n) is 6.11. The number of carbonyl (C=O) groups excluding carboxylic acids is 1. The molecule has 7 heteroatoms. The predicted octanol–water partition coefficient (Wildman–Crippen LogP) is 0.778.